The molecular formula is C44H60N4O10. The number of methoxy groups -OCH3 is 1. The van der Waals surface area contributed by atoms with Crippen LogP contribution in [0.1, 0.15) is 90.6 Å². The normalized spacial score (nSPS) is 34.3. The first-order valence-electron chi connectivity index (χ1n) is 20.4. The molecule has 0 radical (unpaired) electrons. The lowest BCUT2D eigenvalue weighted by molar-refractivity contribution is -0.112. The SMILES string of the molecule is CCC(C)N1CCC2(CC1)N=c1c3c(O)c4c(O)c(C)c5c(c4c1=N2)C(=O)[C@@](C)(O/C=C/[C@H](OC)[C@@H](C)[C@@H](O)[C@H](C)C(O)[C@H](C)[C@@H](O)[C@@H](C)/C=C/C=C(\C)C(=O)N3)O5. The van der Waals surface area contributed by atoms with Gasteiger partial charge in [0, 0.05) is 86.2 Å². The molecule has 4 bridgehead atoms. The van der Waals surface area contributed by atoms with Crippen LogP contribution < -0.4 is 20.8 Å². The van der Waals surface area contributed by atoms with Gasteiger partial charge in [-0.3, -0.25) is 19.6 Å². The van der Waals surface area contributed by atoms with E-state index in [1.807, 2.05) is 0 Å². The molecule has 14 nitrogen and oxygen atoms in total. The number of piperidine rings is 1. The van der Waals surface area contributed by atoms with Gasteiger partial charge in [0.15, 0.2) is 11.4 Å². The van der Waals surface area contributed by atoms with E-state index in [2.05, 4.69) is 24.1 Å². The number of ketones is 1. The maximum absolute atomic E-state index is 14.6. The molecule has 6 rings (SSSR count). The minimum absolute atomic E-state index is 0.0470. The number of fused-ring (bicyclic) bond motifs is 1. The summed E-state index contributed by atoms with van der Waals surface area (Å²) in [4.78, 5) is 41.1. The number of allylic oxidation sites excluding steroid dienone is 2. The fraction of sp³-hybridized carbons (Fsp3) is 0.591. The van der Waals surface area contributed by atoms with E-state index in [1.54, 1.807) is 65.8 Å². The van der Waals surface area contributed by atoms with Crippen molar-refractivity contribution < 1.29 is 49.3 Å². The lowest BCUT2D eigenvalue weighted by Gasteiger charge is -2.38. The fourth-order valence-corrected chi connectivity index (χ4v) is 8.78. The van der Waals surface area contributed by atoms with Gasteiger partial charge in [0.25, 0.3) is 11.7 Å². The van der Waals surface area contributed by atoms with Crippen molar-refractivity contribution in [1.29, 1.82) is 0 Å². The number of Topliss-reactive ketones (excluding diaryl/α,β-unsaturated/α-hetero) is 1. The molecule has 1 fully saturated rings. The van der Waals surface area contributed by atoms with E-state index < -0.39 is 77.0 Å². The van der Waals surface area contributed by atoms with Crippen LogP contribution in [0.25, 0.3) is 10.8 Å². The Morgan fingerprint density at radius 2 is 1.55 bits per heavy atom. The zero-order chi connectivity index (χ0) is 42.6. The number of hydrogen-bond acceptors (Lipinski definition) is 13. The number of carbonyl (C=O) groups excluding carboxylic acids is 2. The summed E-state index contributed by atoms with van der Waals surface area (Å²) in [6.07, 6.45) is 5.96. The number of aliphatic hydroxyl groups excluding tert-OH is 3. The van der Waals surface area contributed by atoms with E-state index in [9.17, 15) is 35.1 Å². The second-order valence-electron chi connectivity index (χ2n) is 17.0. The van der Waals surface area contributed by atoms with Gasteiger partial charge in [-0.1, -0.05) is 52.8 Å². The van der Waals surface area contributed by atoms with Crippen LogP contribution in [0.15, 0.2) is 46.1 Å². The number of hydrogen-bond donors (Lipinski definition) is 6. The predicted molar refractivity (Wildman–Crippen MR) is 218 cm³/mol. The third kappa shape index (κ3) is 7.42. The summed E-state index contributed by atoms with van der Waals surface area (Å²) in [5, 5.41) is 61.1. The number of benzene rings is 2. The zero-order valence-corrected chi connectivity index (χ0v) is 35.2. The number of nitrogens with one attached hydrogen (secondary N) is 1. The van der Waals surface area contributed by atoms with Crippen molar-refractivity contribution in [2.45, 2.75) is 123 Å². The van der Waals surface area contributed by atoms with Crippen molar-refractivity contribution >= 4 is 28.2 Å². The number of nitrogens with zero attached hydrogens (tertiary/aromatic N) is 3. The highest BCUT2D eigenvalue weighted by Crippen LogP contribution is 2.50. The van der Waals surface area contributed by atoms with Crippen LogP contribution >= 0.6 is 0 Å². The van der Waals surface area contributed by atoms with Gasteiger partial charge in [-0.2, -0.15) is 0 Å². The van der Waals surface area contributed by atoms with Crippen LogP contribution in [0.3, 0.4) is 0 Å². The fourth-order valence-electron chi connectivity index (χ4n) is 8.78. The lowest BCUT2D eigenvalue weighted by Crippen LogP contribution is -2.45. The summed E-state index contributed by atoms with van der Waals surface area (Å²) < 4.78 is 18.0. The number of rotatable bonds is 3. The summed E-state index contributed by atoms with van der Waals surface area (Å²) in [6, 6.07) is 0.360. The number of ether oxygens (including phenoxy) is 3. The number of anilines is 1. The maximum Gasteiger partial charge on any atom is 0.312 e. The third-order valence-electron chi connectivity index (χ3n) is 13.2. The number of likely N-dealkylation sites (tertiary alicyclic amines) is 1. The van der Waals surface area contributed by atoms with Crippen molar-refractivity contribution in [2.75, 3.05) is 25.5 Å². The molecule has 4 heterocycles. The molecule has 10 atom stereocenters. The minimum Gasteiger partial charge on any atom is -0.507 e. The second kappa shape index (κ2) is 16.4. The van der Waals surface area contributed by atoms with Gasteiger partial charge in [0.05, 0.1) is 47.0 Å². The first-order chi connectivity index (χ1) is 27.3. The van der Waals surface area contributed by atoms with E-state index in [-0.39, 0.29) is 55.4 Å². The molecule has 2 aromatic carbocycles. The van der Waals surface area contributed by atoms with Crippen LogP contribution in [0.4, 0.5) is 5.69 Å². The second-order valence-corrected chi connectivity index (χ2v) is 17.0. The molecule has 4 aliphatic rings. The van der Waals surface area contributed by atoms with Crippen molar-refractivity contribution in [2.24, 2.45) is 33.7 Å². The van der Waals surface area contributed by atoms with Crippen LogP contribution in [-0.2, 0) is 14.3 Å². The van der Waals surface area contributed by atoms with Gasteiger partial charge in [-0.15, -0.1) is 0 Å². The number of aliphatic hydroxyl groups is 3. The van der Waals surface area contributed by atoms with Gasteiger partial charge in [-0.05, 0) is 33.3 Å². The molecule has 4 aliphatic heterocycles. The van der Waals surface area contributed by atoms with Crippen molar-refractivity contribution in [3.63, 3.8) is 0 Å². The lowest BCUT2D eigenvalue weighted by atomic mass is 9.78. The average Bonchev–Trinajstić information content (AvgIpc) is 3.70. The highest BCUT2D eigenvalue weighted by molar-refractivity contribution is 6.19. The van der Waals surface area contributed by atoms with E-state index in [1.165, 1.54) is 20.3 Å². The van der Waals surface area contributed by atoms with Crippen LogP contribution in [0.5, 0.6) is 17.2 Å². The van der Waals surface area contributed by atoms with Gasteiger partial charge in [0.1, 0.15) is 22.5 Å². The van der Waals surface area contributed by atoms with Crippen molar-refractivity contribution in [1.82, 2.24) is 4.90 Å². The van der Waals surface area contributed by atoms with Gasteiger partial charge >= 0.3 is 5.79 Å². The molecule has 1 amide bonds. The molecule has 0 saturated carbocycles. The maximum atomic E-state index is 14.6. The minimum atomic E-state index is -1.93. The summed E-state index contributed by atoms with van der Waals surface area (Å²) >= 11 is 0. The van der Waals surface area contributed by atoms with Crippen LogP contribution in [-0.4, -0.2) is 104 Å². The summed E-state index contributed by atoms with van der Waals surface area (Å²) in [6.45, 7) is 17.3. The molecular weight excluding hydrogens is 745 g/mol. The van der Waals surface area contributed by atoms with Crippen molar-refractivity contribution in [3.8, 4) is 17.2 Å². The Bertz CT molecular complexity index is 2180. The Morgan fingerprint density at radius 1 is 0.931 bits per heavy atom. The number of amides is 1. The smallest absolute Gasteiger partial charge is 0.312 e. The summed E-state index contributed by atoms with van der Waals surface area (Å²) in [5.74, 6) is -6.18. The molecule has 316 valence electrons. The highest BCUT2D eigenvalue weighted by atomic mass is 16.7. The molecule has 0 aliphatic carbocycles. The summed E-state index contributed by atoms with van der Waals surface area (Å²) in [5.41, 5.74) is -0.512. The molecule has 0 aromatic heterocycles. The number of phenolic OH excluding ortho intramolecular Hbond substituents is 2. The number of phenols is 2. The monoisotopic (exact) mass is 804 g/mol. The van der Waals surface area contributed by atoms with Gasteiger partial charge in [0.2, 0.25) is 0 Å². The van der Waals surface area contributed by atoms with E-state index >= 15 is 0 Å². The number of aromatic hydroxyl groups is 2. The highest BCUT2D eigenvalue weighted by Gasteiger charge is 2.50. The van der Waals surface area contributed by atoms with E-state index in [4.69, 9.17) is 24.2 Å². The Balaban J connectivity index is 1.54. The molecule has 58 heavy (non-hydrogen) atoms. The largest absolute Gasteiger partial charge is 0.507 e. The Kier molecular flexibility index (Phi) is 12.2. The zero-order valence-electron chi connectivity index (χ0n) is 35.2. The molecule has 6 N–H and O–H groups in total. The average molecular weight is 805 g/mol. The standard InChI is InChI=1S/C44H60N4O10/c1-11-23(4)48-18-16-44(17-19-48)46-32-29-30-38(52)27(8)40-31(29)41(54)43(9,58-40)57-20-15-28(56-10)24(5)36(50)26(7)37(51)25(6)35(49)21(2)13-12-14-22(3)42(55)45-34(39(30)53)33(32)47-44/h12-15,20-21,23-26,28,35-37,49-53H,11,16-19H2,1-10H3,(H,45,55)/b13-12+,20-15+,22-14+/t21-,23?,24+,25+,26-,28-,35-,36+,37?,43-/m0/s1. The molecule has 1 spiro atoms. The predicted octanol–water partition coefficient (Wildman–Crippen LogP) is 4.32. The topological polar surface area (TPSA) is 203 Å². The third-order valence-corrected chi connectivity index (χ3v) is 13.2. The van der Waals surface area contributed by atoms with E-state index in [0.717, 1.165) is 6.42 Å². The van der Waals surface area contributed by atoms with Crippen LogP contribution in [0.2, 0.25) is 0 Å². The van der Waals surface area contributed by atoms with Gasteiger partial charge in [-0.25, -0.2) is 0 Å². The quantitative estimate of drug-likeness (QED) is 0.241. The Labute approximate surface area is 339 Å². The molecule has 2 unspecified atom stereocenters. The van der Waals surface area contributed by atoms with E-state index in [0.29, 0.717) is 32.0 Å². The van der Waals surface area contributed by atoms with Crippen molar-refractivity contribution in [3.05, 3.63) is 58.0 Å². The number of carbonyl (C=O) groups is 2. The van der Waals surface area contributed by atoms with Crippen LogP contribution in [0, 0.1) is 30.6 Å². The first-order valence-corrected chi connectivity index (χ1v) is 20.4. The molecule has 2 aromatic rings. The Morgan fingerprint density at radius 3 is 2.19 bits per heavy atom. The first kappa shape index (κ1) is 43.2. The molecule has 14 heteroatoms. The van der Waals surface area contributed by atoms with Gasteiger partial charge < -0.3 is 50.0 Å². The Hall–Kier alpha value is -4.34. The summed E-state index contributed by atoms with van der Waals surface area (Å²) in [7, 11) is 1.47. The molecule has 1 saturated heterocycles.